The number of amides is 1. The van der Waals surface area contributed by atoms with Gasteiger partial charge in [0, 0.05) is 25.1 Å². The Morgan fingerprint density at radius 2 is 1.19 bits per heavy atom. The van der Waals surface area contributed by atoms with Gasteiger partial charge in [-0.3, -0.25) is 4.79 Å². The van der Waals surface area contributed by atoms with Gasteiger partial charge in [0.1, 0.15) is 0 Å². The van der Waals surface area contributed by atoms with Gasteiger partial charge in [-0.25, -0.2) is 0 Å². The molecule has 0 heterocycles. The van der Waals surface area contributed by atoms with Crippen molar-refractivity contribution in [3.8, 4) is 11.1 Å². The van der Waals surface area contributed by atoms with Crippen molar-refractivity contribution in [1.82, 2.24) is 4.90 Å². The molecule has 0 radical (unpaired) electrons. The molecule has 0 aromatic heterocycles. The standard InChI is InChI=1S/C32H31NO3.Na/c34-31(22-21-26-14-5-2-6-15-26)33(23-11-16-25-12-3-1-4-13-25)24-27-17-7-8-18-28(27)29-19-9-10-20-30(29)32(35)36;/h1-10,12-15,17-20H,11,16,21-24H2,(H,35,36);/q;+1/p-1. The Morgan fingerprint density at radius 3 is 1.84 bits per heavy atom. The van der Waals surface area contributed by atoms with Gasteiger partial charge in [0.15, 0.2) is 0 Å². The zero-order valence-corrected chi connectivity index (χ0v) is 23.3. The average molecular weight is 500 g/mol. The number of aryl methyl sites for hydroxylation is 2. The minimum atomic E-state index is -1.21. The molecule has 182 valence electrons. The fourth-order valence-corrected chi connectivity index (χ4v) is 4.49. The van der Waals surface area contributed by atoms with E-state index in [-0.39, 0.29) is 41.0 Å². The Labute approximate surface area is 241 Å². The molecule has 4 aromatic rings. The van der Waals surface area contributed by atoms with Crippen LogP contribution in [0.15, 0.2) is 109 Å². The van der Waals surface area contributed by atoms with E-state index < -0.39 is 5.97 Å². The summed E-state index contributed by atoms with van der Waals surface area (Å²) < 4.78 is 0. The Morgan fingerprint density at radius 1 is 0.649 bits per heavy atom. The molecule has 0 aliphatic heterocycles. The average Bonchev–Trinajstić information content (AvgIpc) is 2.92. The van der Waals surface area contributed by atoms with Crippen LogP contribution in [-0.4, -0.2) is 23.3 Å². The fraction of sp³-hybridized carbons (Fsp3) is 0.188. The predicted octanol–water partition coefficient (Wildman–Crippen LogP) is 2.32. The Balaban J connectivity index is 0.00000380. The summed E-state index contributed by atoms with van der Waals surface area (Å²) in [5.74, 6) is -1.12. The molecule has 0 unspecified atom stereocenters. The molecular formula is C32H30NNaO3. The van der Waals surface area contributed by atoms with Crippen molar-refractivity contribution in [3.05, 3.63) is 131 Å². The fourth-order valence-electron chi connectivity index (χ4n) is 4.49. The van der Waals surface area contributed by atoms with Crippen LogP contribution in [0.5, 0.6) is 0 Å². The van der Waals surface area contributed by atoms with E-state index in [2.05, 4.69) is 12.1 Å². The molecule has 0 N–H and O–H groups in total. The summed E-state index contributed by atoms with van der Waals surface area (Å²) in [6.07, 6.45) is 2.84. The maximum atomic E-state index is 13.4. The van der Waals surface area contributed by atoms with Crippen molar-refractivity contribution < 1.29 is 44.3 Å². The van der Waals surface area contributed by atoms with E-state index in [9.17, 15) is 14.7 Å². The van der Waals surface area contributed by atoms with E-state index in [1.807, 2.05) is 83.8 Å². The van der Waals surface area contributed by atoms with Gasteiger partial charge >= 0.3 is 29.6 Å². The minimum absolute atomic E-state index is 0. The minimum Gasteiger partial charge on any atom is -0.545 e. The molecule has 0 bridgehead atoms. The number of nitrogens with zero attached hydrogens (tertiary/aromatic N) is 1. The van der Waals surface area contributed by atoms with Gasteiger partial charge in [0.05, 0.1) is 5.97 Å². The van der Waals surface area contributed by atoms with Crippen LogP contribution >= 0.6 is 0 Å². The molecule has 0 fully saturated rings. The molecule has 4 rings (SSSR count). The predicted molar refractivity (Wildman–Crippen MR) is 141 cm³/mol. The Kier molecular flexibility index (Phi) is 11.2. The number of aromatic carboxylic acids is 1. The zero-order valence-electron chi connectivity index (χ0n) is 21.3. The topological polar surface area (TPSA) is 60.4 Å². The molecule has 0 saturated carbocycles. The molecule has 5 heteroatoms. The van der Waals surface area contributed by atoms with Crippen LogP contribution in [0.3, 0.4) is 0 Å². The van der Waals surface area contributed by atoms with Gasteiger partial charge < -0.3 is 14.8 Å². The van der Waals surface area contributed by atoms with Crippen LogP contribution in [0.4, 0.5) is 0 Å². The number of hydrogen-bond donors (Lipinski definition) is 0. The monoisotopic (exact) mass is 499 g/mol. The van der Waals surface area contributed by atoms with Crippen molar-refractivity contribution in [2.45, 2.75) is 32.2 Å². The van der Waals surface area contributed by atoms with Gasteiger partial charge in [-0.15, -0.1) is 0 Å². The van der Waals surface area contributed by atoms with Gasteiger partial charge in [-0.1, -0.05) is 109 Å². The Hall–Kier alpha value is -3.18. The molecule has 4 nitrogen and oxygen atoms in total. The third-order valence-corrected chi connectivity index (χ3v) is 6.38. The first kappa shape index (κ1) is 28.4. The number of benzene rings is 4. The second-order valence-electron chi connectivity index (χ2n) is 8.88. The SMILES string of the molecule is O=C([O-])c1ccccc1-c1ccccc1CN(CCCc1ccccc1)C(=O)CCc1ccccc1.[Na+]. The van der Waals surface area contributed by atoms with E-state index in [1.54, 1.807) is 18.2 Å². The van der Waals surface area contributed by atoms with Crippen LogP contribution in [0.1, 0.15) is 39.9 Å². The van der Waals surface area contributed by atoms with Gasteiger partial charge in [-0.2, -0.15) is 0 Å². The van der Waals surface area contributed by atoms with E-state index >= 15 is 0 Å². The molecule has 37 heavy (non-hydrogen) atoms. The first-order chi connectivity index (χ1) is 17.6. The Bertz CT molecular complexity index is 1290. The number of carboxylic acids is 1. The van der Waals surface area contributed by atoms with E-state index in [1.165, 1.54) is 5.56 Å². The van der Waals surface area contributed by atoms with Crippen LogP contribution < -0.4 is 34.7 Å². The first-order valence-corrected chi connectivity index (χ1v) is 12.4. The first-order valence-electron chi connectivity index (χ1n) is 12.4. The van der Waals surface area contributed by atoms with Crippen LogP contribution in [0, 0.1) is 0 Å². The van der Waals surface area contributed by atoms with E-state index in [0.29, 0.717) is 31.5 Å². The van der Waals surface area contributed by atoms with Crippen LogP contribution in [0.2, 0.25) is 0 Å². The van der Waals surface area contributed by atoms with Crippen molar-refractivity contribution in [2.24, 2.45) is 0 Å². The number of carbonyl (C=O) groups is 2. The molecule has 0 spiro atoms. The van der Waals surface area contributed by atoms with Crippen molar-refractivity contribution in [2.75, 3.05) is 6.54 Å². The molecule has 1 amide bonds. The van der Waals surface area contributed by atoms with Gasteiger partial charge in [-0.05, 0) is 47.1 Å². The smallest absolute Gasteiger partial charge is 0.545 e. The third kappa shape index (κ3) is 8.16. The van der Waals surface area contributed by atoms with E-state index in [0.717, 1.165) is 29.5 Å². The molecule has 0 aliphatic carbocycles. The zero-order chi connectivity index (χ0) is 25.2. The molecular weight excluding hydrogens is 469 g/mol. The summed E-state index contributed by atoms with van der Waals surface area (Å²) in [5.41, 5.74) is 4.86. The number of hydrogen-bond acceptors (Lipinski definition) is 3. The van der Waals surface area contributed by atoms with Crippen molar-refractivity contribution in [3.63, 3.8) is 0 Å². The molecule has 0 saturated heterocycles. The normalized spacial score (nSPS) is 10.4. The second kappa shape index (κ2) is 14.5. The quantitative estimate of drug-likeness (QED) is 0.298. The summed E-state index contributed by atoms with van der Waals surface area (Å²) >= 11 is 0. The summed E-state index contributed by atoms with van der Waals surface area (Å²) in [7, 11) is 0. The maximum Gasteiger partial charge on any atom is 1.00 e. The third-order valence-electron chi connectivity index (χ3n) is 6.38. The second-order valence-corrected chi connectivity index (χ2v) is 8.88. The van der Waals surface area contributed by atoms with Gasteiger partial charge in [0.2, 0.25) is 5.91 Å². The van der Waals surface area contributed by atoms with Gasteiger partial charge in [0.25, 0.3) is 0 Å². The number of rotatable bonds is 11. The number of carboxylic acid groups (broad SMARTS) is 1. The maximum absolute atomic E-state index is 13.4. The summed E-state index contributed by atoms with van der Waals surface area (Å²) in [4.78, 5) is 27.1. The summed E-state index contributed by atoms with van der Waals surface area (Å²) in [6, 6.07) is 34.9. The van der Waals surface area contributed by atoms with E-state index in [4.69, 9.17) is 0 Å². The summed E-state index contributed by atoms with van der Waals surface area (Å²) in [5, 5.41) is 11.8. The van der Waals surface area contributed by atoms with Crippen LogP contribution in [0.25, 0.3) is 11.1 Å². The molecule has 4 aromatic carbocycles. The summed E-state index contributed by atoms with van der Waals surface area (Å²) in [6.45, 7) is 1.04. The molecule has 0 atom stereocenters. The van der Waals surface area contributed by atoms with Crippen LogP contribution in [-0.2, 0) is 24.2 Å². The molecule has 0 aliphatic rings. The number of carbonyl (C=O) groups excluding carboxylic acids is 2. The largest absolute Gasteiger partial charge is 1.00 e. The van der Waals surface area contributed by atoms with Crippen molar-refractivity contribution >= 4 is 11.9 Å². The van der Waals surface area contributed by atoms with Crippen molar-refractivity contribution in [1.29, 1.82) is 0 Å².